The van der Waals surface area contributed by atoms with Gasteiger partial charge in [0.05, 0.1) is 0 Å². The second-order valence-corrected chi connectivity index (χ2v) is 6.94. The van der Waals surface area contributed by atoms with Crippen molar-refractivity contribution in [3.63, 3.8) is 0 Å². The van der Waals surface area contributed by atoms with Crippen molar-refractivity contribution in [2.45, 2.75) is 41.2 Å². The first-order valence-corrected chi connectivity index (χ1v) is 8.44. The lowest BCUT2D eigenvalue weighted by atomic mass is 9.90. The molecule has 0 radical (unpaired) electrons. The van der Waals surface area contributed by atoms with E-state index in [0.717, 1.165) is 27.9 Å². The number of benzene rings is 2. The molecule has 0 bridgehead atoms. The molecule has 0 heterocycles. The molecule has 0 unspecified atom stereocenters. The molecular weight excluding hydrogens is 312 g/mol. The highest BCUT2D eigenvalue weighted by molar-refractivity contribution is 6.10. The zero-order valence-electron chi connectivity index (χ0n) is 15.6. The summed E-state index contributed by atoms with van der Waals surface area (Å²) in [6.07, 6.45) is 0. The average molecular weight is 338 g/mol. The van der Waals surface area contributed by atoms with Gasteiger partial charge in [-0.1, -0.05) is 36.4 Å². The van der Waals surface area contributed by atoms with E-state index < -0.39 is 5.41 Å². The van der Waals surface area contributed by atoms with E-state index in [1.807, 2.05) is 63.2 Å². The van der Waals surface area contributed by atoms with Gasteiger partial charge in [-0.05, 0) is 62.9 Å². The molecule has 0 saturated carbocycles. The Hall–Kier alpha value is -2.62. The summed E-state index contributed by atoms with van der Waals surface area (Å²) in [6, 6.07) is 13.6. The maximum Gasteiger partial charge on any atom is 0.239 e. The Morgan fingerprint density at radius 2 is 1.52 bits per heavy atom. The van der Waals surface area contributed by atoms with Crippen molar-refractivity contribution in [1.82, 2.24) is 5.32 Å². The number of carbonyl (C=O) groups is 2. The predicted octanol–water partition coefficient (Wildman–Crippen LogP) is 3.89. The van der Waals surface area contributed by atoms with E-state index in [-0.39, 0.29) is 11.8 Å². The number of nitrogens with one attached hydrogen (secondary N) is 2. The van der Waals surface area contributed by atoms with Gasteiger partial charge in [0.1, 0.15) is 5.41 Å². The second kappa shape index (κ2) is 7.51. The normalized spacial score (nSPS) is 11.1. The van der Waals surface area contributed by atoms with E-state index in [1.165, 1.54) is 0 Å². The van der Waals surface area contributed by atoms with Gasteiger partial charge in [0.2, 0.25) is 11.8 Å². The summed E-state index contributed by atoms with van der Waals surface area (Å²) in [7, 11) is 0. The van der Waals surface area contributed by atoms with Crippen molar-refractivity contribution >= 4 is 17.5 Å². The summed E-state index contributed by atoms with van der Waals surface area (Å²) in [5, 5.41) is 5.75. The molecule has 2 amide bonds. The van der Waals surface area contributed by atoms with E-state index in [9.17, 15) is 9.59 Å². The summed E-state index contributed by atoms with van der Waals surface area (Å²) < 4.78 is 0. The SMILES string of the molecule is Cc1ccccc1CNC(=O)C(C)(C)C(=O)Nc1cccc(C)c1C. The summed E-state index contributed by atoms with van der Waals surface area (Å²) in [6.45, 7) is 9.63. The minimum Gasteiger partial charge on any atom is -0.351 e. The second-order valence-electron chi connectivity index (χ2n) is 6.94. The molecule has 2 rings (SSSR count). The number of hydrogen-bond donors (Lipinski definition) is 2. The highest BCUT2D eigenvalue weighted by atomic mass is 16.2. The molecule has 0 aliphatic rings. The summed E-state index contributed by atoms with van der Waals surface area (Å²) >= 11 is 0. The fourth-order valence-electron chi connectivity index (χ4n) is 2.47. The number of amides is 2. The van der Waals surface area contributed by atoms with Crippen LogP contribution in [0.1, 0.15) is 36.1 Å². The van der Waals surface area contributed by atoms with Gasteiger partial charge in [0, 0.05) is 12.2 Å². The van der Waals surface area contributed by atoms with Crippen molar-refractivity contribution in [3.8, 4) is 0 Å². The number of hydrogen-bond acceptors (Lipinski definition) is 2. The molecule has 4 nitrogen and oxygen atoms in total. The lowest BCUT2D eigenvalue weighted by Crippen LogP contribution is -2.45. The van der Waals surface area contributed by atoms with E-state index in [4.69, 9.17) is 0 Å². The third kappa shape index (κ3) is 4.27. The molecule has 2 aromatic carbocycles. The number of carbonyl (C=O) groups excluding carboxylic acids is 2. The Labute approximate surface area is 149 Å². The Bertz CT molecular complexity index is 794. The summed E-state index contributed by atoms with van der Waals surface area (Å²) in [4.78, 5) is 25.2. The number of aryl methyl sites for hydroxylation is 2. The Morgan fingerprint density at radius 3 is 2.20 bits per heavy atom. The third-order valence-corrected chi connectivity index (χ3v) is 4.69. The van der Waals surface area contributed by atoms with Gasteiger partial charge >= 0.3 is 0 Å². The molecule has 25 heavy (non-hydrogen) atoms. The molecule has 2 aromatic rings. The van der Waals surface area contributed by atoms with Crippen LogP contribution in [0.4, 0.5) is 5.69 Å². The standard InChI is InChI=1S/C21H26N2O2/c1-14-10-8-12-18(16(14)3)23-20(25)21(4,5)19(24)22-13-17-11-7-6-9-15(17)2/h6-12H,13H2,1-5H3,(H,22,24)(H,23,25). The van der Waals surface area contributed by atoms with Crippen molar-refractivity contribution in [1.29, 1.82) is 0 Å². The van der Waals surface area contributed by atoms with Crippen LogP contribution >= 0.6 is 0 Å². The Balaban J connectivity index is 2.06. The van der Waals surface area contributed by atoms with Crippen LogP contribution in [0.3, 0.4) is 0 Å². The topological polar surface area (TPSA) is 58.2 Å². The van der Waals surface area contributed by atoms with E-state index >= 15 is 0 Å². The molecular formula is C21H26N2O2. The maximum atomic E-state index is 12.6. The predicted molar refractivity (Wildman–Crippen MR) is 101 cm³/mol. The fraction of sp³-hybridized carbons (Fsp3) is 0.333. The van der Waals surface area contributed by atoms with Gasteiger partial charge in [-0.3, -0.25) is 9.59 Å². The summed E-state index contributed by atoms with van der Waals surface area (Å²) in [5.41, 5.74) is 3.83. The van der Waals surface area contributed by atoms with Gasteiger partial charge in [-0.25, -0.2) is 0 Å². The largest absolute Gasteiger partial charge is 0.351 e. The van der Waals surface area contributed by atoms with Crippen LogP contribution in [0.5, 0.6) is 0 Å². The van der Waals surface area contributed by atoms with Crippen LogP contribution in [0.15, 0.2) is 42.5 Å². The first kappa shape index (κ1) is 18.7. The minimum absolute atomic E-state index is 0.293. The molecule has 0 aromatic heterocycles. The average Bonchev–Trinajstić information content (AvgIpc) is 2.57. The lowest BCUT2D eigenvalue weighted by Gasteiger charge is -2.23. The maximum absolute atomic E-state index is 12.6. The van der Waals surface area contributed by atoms with Crippen molar-refractivity contribution in [2.75, 3.05) is 5.32 Å². The molecule has 0 fully saturated rings. The zero-order chi connectivity index (χ0) is 18.6. The first-order valence-electron chi connectivity index (χ1n) is 8.44. The molecule has 0 aliphatic carbocycles. The van der Waals surface area contributed by atoms with Crippen LogP contribution < -0.4 is 10.6 Å². The van der Waals surface area contributed by atoms with Crippen molar-refractivity contribution in [3.05, 3.63) is 64.7 Å². The third-order valence-electron chi connectivity index (χ3n) is 4.69. The summed E-state index contributed by atoms with van der Waals surface area (Å²) in [5.74, 6) is -0.609. The Morgan fingerprint density at radius 1 is 0.880 bits per heavy atom. The molecule has 2 N–H and O–H groups in total. The van der Waals surface area contributed by atoms with Gasteiger partial charge in [-0.15, -0.1) is 0 Å². The lowest BCUT2D eigenvalue weighted by molar-refractivity contribution is -0.138. The highest BCUT2D eigenvalue weighted by Gasteiger charge is 2.36. The molecule has 0 saturated heterocycles. The van der Waals surface area contributed by atoms with Crippen LogP contribution in [0, 0.1) is 26.2 Å². The molecule has 132 valence electrons. The highest BCUT2D eigenvalue weighted by Crippen LogP contribution is 2.23. The zero-order valence-corrected chi connectivity index (χ0v) is 15.6. The van der Waals surface area contributed by atoms with Crippen LogP contribution in [0.25, 0.3) is 0 Å². The van der Waals surface area contributed by atoms with Crippen LogP contribution in [0.2, 0.25) is 0 Å². The van der Waals surface area contributed by atoms with E-state index in [0.29, 0.717) is 6.54 Å². The van der Waals surface area contributed by atoms with E-state index in [1.54, 1.807) is 13.8 Å². The van der Waals surface area contributed by atoms with E-state index in [2.05, 4.69) is 10.6 Å². The fourth-order valence-corrected chi connectivity index (χ4v) is 2.47. The van der Waals surface area contributed by atoms with Gasteiger partial charge in [0.15, 0.2) is 0 Å². The van der Waals surface area contributed by atoms with Crippen LogP contribution in [-0.4, -0.2) is 11.8 Å². The quantitative estimate of drug-likeness (QED) is 0.813. The minimum atomic E-state index is -1.17. The number of rotatable bonds is 5. The van der Waals surface area contributed by atoms with Crippen LogP contribution in [-0.2, 0) is 16.1 Å². The first-order chi connectivity index (χ1) is 11.7. The molecule has 0 spiro atoms. The smallest absolute Gasteiger partial charge is 0.239 e. The molecule has 4 heteroatoms. The van der Waals surface area contributed by atoms with Crippen molar-refractivity contribution < 1.29 is 9.59 Å². The van der Waals surface area contributed by atoms with Gasteiger partial charge in [-0.2, -0.15) is 0 Å². The monoisotopic (exact) mass is 338 g/mol. The number of anilines is 1. The van der Waals surface area contributed by atoms with Crippen molar-refractivity contribution in [2.24, 2.45) is 5.41 Å². The Kier molecular flexibility index (Phi) is 5.62. The van der Waals surface area contributed by atoms with Gasteiger partial charge < -0.3 is 10.6 Å². The molecule has 0 atom stereocenters. The molecule has 0 aliphatic heterocycles. The van der Waals surface area contributed by atoms with Gasteiger partial charge in [0.25, 0.3) is 0 Å².